The lowest BCUT2D eigenvalue weighted by Crippen LogP contribution is -2.47. The fourth-order valence-electron chi connectivity index (χ4n) is 2.48. The van der Waals surface area contributed by atoms with Crippen LogP contribution in [0.25, 0.3) is 0 Å². The van der Waals surface area contributed by atoms with Gasteiger partial charge in [-0.2, -0.15) is 11.8 Å². The van der Waals surface area contributed by atoms with Crippen molar-refractivity contribution in [1.29, 1.82) is 0 Å². The summed E-state index contributed by atoms with van der Waals surface area (Å²) in [7, 11) is -1.17. The molecule has 1 aromatic carbocycles. The van der Waals surface area contributed by atoms with E-state index >= 15 is 0 Å². The molecule has 1 aromatic rings. The van der Waals surface area contributed by atoms with Crippen molar-refractivity contribution in [1.82, 2.24) is 5.32 Å². The van der Waals surface area contributed by atoms with Gasteiger partial charge in [0.05, 0.1) is 0 Å². The first-order valence-electron chi connectivity index (χ1n) is 6.74. The number of sulfone groups is 1. The Labute approximate surface area is 125 Å². The molecule has 2 atom stereocenters. The summed E-state index contributed by atoms with van der Waals surface area (Å²) in [5.41, 5.74) is 2.18. The van der Waals surface area contributed by atoms with Crippen molar-refractivity contribution in [3.63, 3.8) is 0 Å². The summed E-state index contributed by atoms with van der Waals surface area (Å²) < 4.78 is 24.1. The summed E-state index contributed by atoms with van der Waals surface area (Å²) >= 11 is 1.71. The smallest absolute Gasteiger partial charge is 0.169 e. The first kappa shape index (κ1) is 15.7. The average Bonchev–Trinajstić information content (AvgIpc) is 2.45. The fourth-order valence-corrected chi connectivity index (χ4v) is 5.31. The van der Waals surface area contributed by atoms with E-state index in [1.165, 1.54) is 6.26 Å². The molecule has 6 heteroatoms. The van der Waals surface area contributed by atoms with Gasteiger partial charge in [-0.1, -0.05) is 18.2 Å². The van der Waals surface area contributed by atoms with Gasteiger partial charge in [-0.15, -0.1) is 0 Å². The summed E-state index contributed by atoms with van der Waals surface area (Å²) in [5.74, 6) is 1.61. The SMILES string of the molecule is CNC(C)c1ccccc1N1CCSCC1S(C)(=O)=O. The maximum absolute atomic E-state index is 12.1. The van der Waals surface area contributed by atoms with E-state index in [0.717, 1.165) is 23.5 Å². The summed E-state index contributed by atoms with van der Waals surface area (Å²) in [6, 6.07) is 8.26. The van der Waals surface area contributed by atoms with E-state index in [9.17, 15) is 8.42 Å². The van der Waals surface area contributed by atoms with E-state index in [-0.39, 0.29) is 6.04 Å². The number of nitrogens with zero attached hydrogens (tertiary/aromatic N) is 1. The second-order valence-corrected chi connectivity index (χ2v) is 8.47. The van der Waals surface area contributed by atoms with E-state index < -0.39 is 15.2 Å². The second-order valence-electron chi connectivity index (χ2n) is 5.12. The summed E-state index contributed by atoms with van der Waals surface area (Å²) in [6.45, 7) is 2.86. The molecule has 20 heavy (non-hydrogen) atoms. The van der Waals surface area contributed by atoms with Crippen molar-refractivity contribution in [2.24, 2.45) is 0 Å². The fraction of sp³-hybridized carbons (Fsp3) is 0.571. The molecule has 2 unspecified atom stereocenters. The van der Waals surface area contributed by atoms with Crippen LogP contribution in [-0.4, -0.2) is 45.1 Å². The standard InChI is InChI=1S/C14H22N2O2S2/c1-11(15-2)12-6-4-5-7-13(12)16-8-9-19-10-14(16)20(3,17)18/h4-7,11,14-15H,8-10H2,1-3H3. The molecule has 4 nitrogen and oxygen atoms in total. The molecule has 2 rings (SSSR count). The first-order chi connectivity index (χ1) is 9.45. The Bertz CT molecular complexity index is 560. The Morgan fingerprint density at radius 2 is 2.10 bits per heavy atom. The molecule has 0 saturated carbocycles. The maximum Gasteiger partial charge on any atom is 0.169 e. The average molecular weight is 314 g/mol. The monoisotopic (exact) mass is 314 g/mol. The van der Waals surface area contributed by atoms with Gasteiger partial charge in [-0.25, -0.2) is 8.42 Å². The molecule has 1 heterocycles. The highest BCUT2D eigenvalue weighted by molar-refractivity contribution is 8.01. The molecule has 1 N–H and O–H groups in total. The molecular weight excluding hydrogens is 292 g/mol. The van der Waals surface area contributed by atoms with Crippen molar-refractivity contribution in [3.05, 3.63) is 29.8 Å². The highest BCUT2D eigenvalue weighted by Crippen LogP contribution is 2.32. The van der Waals surface area contributed by atoms with Gasteiger partial charge in [0.2, 0.25) is 0 Å². The third-order valence-electron chi connectivity index (χ3n) is 3.72. The van der Waals surface area contributed by atoms with Crippen LogP contribution in [-0.2, 0) is 9.84 Å². The molecule has 1 fully saturated rings. The first-order valence-corrected chi connectivity index (χ1v) is 9.85. The van der Waals surface area contributed by atoms with Crippen LogP contribution >= 0.6 is 11.8 Å². The van der Waals surface area contributed by atoms with E-state index in [2.05, 4.69) is 23.2 Å². The third-order valence-corrected chi connectivity index (χ3v) is 6.37. The number of hydrogen-bond acceptors (Lipinski definition) is 5. The molecule has 1 saturated heterocycles. The van der Waals surface area contributed by atoms with E-state index in [1.54, 1.807) is 11.8 Å². The highest BCUT2D eigenvalue weighted by Gasteiger charge is 2.32. The zero-order chi connectivity index (χ0) is 14.8. The van der Waals surface area contributed by atoms with Crippen LogP contribution in [0.3, 0.4) is 0 Å². The van der Waals surface area contributed by atoms with Crippen LogP contribution in [0.4, 0.5) is 5.69 Å². The second kappa shape index (κ2) is 6.37. The molecular formula is C14H22N2O2S2. The van der Waals surface area contributed by atoms with Gasteiger partial charge < -0.3 is 10.2 Å². The van der Waals surface area contributed by atoms with Crippen LogP contribution in [0.1, 0.15) is 18.5 Å². The Hall–Kier alpha value is -0.720. The predicted octanol–water partition coefficient (Wildman–Crippen LogP) is 1.89. The number of rotatable bonds is 4. The van der Waals surface area contributed by atoms with Crippen molar-refractivity contribution >= 4 is 27.3 Å². The molecule has 0 amide bonds. The number of anilines is 1. The molecule has 0 spiro atoms. The van der Waals surface area contributed by atoms with Gasteiger partial charge >= 0.3 is 0 Å². The lowest BCUT2D eigenvalue weighted by Gasteiger charge is -2.37. The van der Waals surface area contributed by atoms with Crippen LogP contribution < -0.4 is 10.2 Å². The van der Waals surface area contributed by atoms with Crippen molar-refractivity contribution in [3.8, 4) is 0 Å². The van der Waals surface area contributed by atoms with Gasteiger partial charge in [0.15, 0.2) is 9.84 Å². The summed E-state index contributed by atoms with van der Waals surface area (Å²) in [6.07, 6.45) is 1.33. The van der Waals surface area contributed by atoms with E-state index in [4.69, 9.17) is 0 Å². The minimum absolute atomic E-state index is 0.195. The molecule has 0 aromatic heterocycles. The van der Waals surface area contributed by atoms with Crippen molar-refractivity contribution < 1.29 is 8.42 Å². The Kier molecular flexibility index (Phi) is 4.99. The van der Waals surface area contributed by atoms with E-state index in [0.29, 0.717) is 5.75 Å². The summed E-state index contributed by atoms with van der Waals surface area (Å²) in [4.78, 5) is 2.05. The van der Waals surface area contributed by atoms with Crippen molar-refractivity contribution in [2.75, 3.05) is 36.3 Å². The lowest BCUT2D eigenvalue weighted by atomic mass is 10.1. The maximum atomic E-state index is 12.1. The minimum atomic E-state index is -3.09. The van der Waals surface area contributed by atoms with Crippen LogP contribution in [0.5, 0.6) is 0 Å². The molecule has 1 aliphatic rings. The summed E-state index contributed by atoms with van der Waals surface area (Å²) in [5, 5.41) is 2.81. The molecule has 112 valence electrons. The minimum Gasteiger partial charge on any atom is -0.353 e. The van der Waals surface area contributed by atoms with Crippen LogP contribution in [0.2, 0.25) is 0 Å². The molecule has 0 aliphatic carbocycles. The van der Waals surface area contributed by atoms with E-state index in [1.807, 2.05) is 25.2 Å². The number of benzene rings is 1. The zero-order valence-electron chi connectivity index (χ0n) is 12.2. The molecule has 1 aliphatic heterocycles. The highest BCUT2D eigenvalue weighted by atomic mass is 32.2. The lowest BCUT2D eigenvalue weighted by molar-refractivity contribution is 0.583. The largest absolute Gasteiger partial charge is 0.353 e. The van der Waals surface area contributed by atoms with Crippen LogP contribution in [0, 0.1) is 0 Å². The predicted molar refractivity (Wildman–Crippen MR) is 87.2 cm³/mol. The van der Waals surface area contributed by atoms with Gasteiger partial charge in [0, 0.05) is 36.0 Å². The quantitative estimate of drug-likeness (QED) is 0.920. The molecule has 0 radical (unpaired) electrons. The Morgan fingerprint density at radius 3 is 2.75 bits per heavy atom. The topological polar surface area (TPSA) is 49.4 Å². The van der Waals surface area contributed by atoms with Gasteiger partial charge in [0.25, 0.3) is 0 Å². The number of nitrogens with one attached hydrogen (secondary N) is 1. The zero-order valence-corrected chi connectivity index (χ0v) is 13.8. The third kappa shape index (κ3) is 3.30. The molecule has 0 bridgehead atoms. The number of hydrogen-bond donors (Lipinski definition) is 1. The Morgan fingerprint density at radius 1 is 1.40 bits per heavy atom. The van der Waals surface area contributed by atoms with Crippen LogP contribution in [0.15, 0.2) is 24.3 Å². The number of thioether (sulfide) groups is 1. The van der Waals surface area contributed by atoms with Gasteiger partial charge in [-0.05, 0) is 25.6 Å². The van der Waals surface area contributed by atoms with Crippen molar-refractivity contribution in [2.45, 2.75) is 18.3 Å². The normalized spacial score (nSPS) is 21.8. The van der Waals surface area contributed by atoms with Gasteiger partial charge in [-0.3, -0.25) is 0 Å². The Balaban J connectivity index is 2.43. The van der Waals surface area contributed by atoms with Gasteiger partial charge in [0.1, 0.15) is 5.37 Å². The number of para-hydroxylation sites is 1.